The number of nitrogens with one attached hydrogen (secondary N) is 2. The summed E-state index contributed by atoms with van der Waals surface area (Å²) in [6, 6.07) is 10.5. The van der Waals surface area contributed by atoms with Crippen LogP contribution in [0.3, 0.4) is 0 Å². The molecule has 2 rings (SSSR count). The number of rotatable bonds is 6. The highest BCUT2D eigenvalue weighted by atomic mass is 35.5. The maximum atomic E-state index is 12.6. The van der Waals surface area contributed by atoms with E-state index in [1.807, 2.05) is 13.8 Å². The van der Waals surface area contributed by atoms with Crippen LogP contribution in [0.1, 0.15) is 41.0 Å². The van der Waals surface area contributed by atoms with E-state index < -0.39 is 15.7 Å². The first-order chi connectivity index (χ1) is 12.6. The normalized spacial score (nSPS) is 12.3. The first-order valence-electron chi connectivity index (χ1n) is 8.34. The lowest BCUT2D eigenvalue weighted by atomic mass is 10.1. The number of carbonyl (C=O) groups excluding carboxylic acids is 2. The molecule has 0 unspecified atom stereocenters. The Hall–Kier alpha value is -2.38. The van der Waals surface area contributed by atoms with E-state index >= 15 is 0 Å². The van der Waals surface area contributed by atoms with Gasteiger partial charge in [0.25, 0.3) is 11.8 Å². The number of carbonyl (C=O) groups is 2. The molecule has 0 spiro atoms. The molecule has 6 nitrogen and oxygen atoms in total. The molecule has 0 bridgehead atoms. The van der Waals surface area contributed by atoms with E-state index in [1.165, 1.54) is 18.2 Å². The van der Waals surface area contributed by atoms with E-state index in [1.54, 1.807) is 24.3 Å². The third-order valence-electron chi connectivity index (χ3n) is 4.02. The molecule has 0 saturated carbocycles. The van der Waals surface area contributed by atoms with Crippen LogP contribution in [-0.2, 0) is 9.84 Å². The van der Waals surface area contributed by atoms with Gasteiger partial charge in [0.1, 0.15) is 0 Å². The second-order valence-electron chi connectivity index (χ2n) is 6.20. The molecule has 0 aliphatic carbocycles. The van der Waals surface area contributed by atoms with Crippen molar-refractivity contribution >= 4 is 38.9 Å². The van der Waals surface area contributed by atoms with Crippen LogP contribution in [0.2, 0.25) is 5.02 Å². The Balaban J connectivity index is 2.33. The third-order valence-corrected chi connectivity index (χ3v) is 5.46. The molecule has 2 N–H and O–H groups in total. The second kappa shape index (κ2) is 8.54. The van der Waals surface area contributed by atoms with E-state index in [9.17, 15) is 18.0 Å². The molecule has 0 aliphatic heterocycles. The van der Waals surface area contributed by atoms with Crippen LogP contribution < -0.4 is 10.6 Å². The highest BCUT2D eigenvalue weighted by Gasteiger charge is 2.18. The number of hydrogen-bond donors (Lipinski definition) is 2. The zero-order valence-electron chi connectivity index (χ0n) is 15.2. The van der Waals surface area contributed by atoms with Crippen molar-refractivity contribution in [3.63, 3.8) is 0 Å². The lowest BCUT2D eigenvalue weighted by Gasteiger charge is -2.15. The summed E-state index contributed by atoms with van der Waals surface area (Å²) < 4.78 is 23.4. The summed E-state index contributed by atoms with van der Waals surface area (Å²) >= 11 is 6.06. The molecule has 2 amide bonds. The number of anilines is 1. The minimum atomic E-state index is -3.49. The van der Waals surface area contributed by atoms with Crippen molar-refractivity contribution in [2.75, 3.05) is 11.6 Å². The molecule has 2 aromatic carbocycles. The Kier molecular flexibility index (Phi) is 6.62. The van der Waals surface area contributed by atoms with Crippen LogP contribution >= 0.6 is 11.6 Å². The zero-order valence-corrected chi connectivity index (χ0v) is 16.8. The third kappa shape index (κ3) is 5.30. The van der Waals surface area contributed by atoms with Gasteiger partial charge in [-0.05, 0) is 43.7 Å². The first kappa shape index (κ1) is 20.9. The van der Waals surface area contributed by atoms with Crippen LogP contribution in [0.5, 0.6) is 0 Å². The first-order valence-corrected chi connectivity index (χ1v) is 10.6. The number of amides is 2. The molecule has 2 aromatic rings. The van der Waals surface area contributed by atoms with Gasteiger partial charge >= 0.3 is 0 Å². The molecular weight excluding hydrogens is 388 g/mol. The molecule has 1 atom stereocenters. The Morgan fingerprint density at radius 1 is 1.07 bits per heavy atom. The Morgan fingerprint density at radius 3 is 2.37 bits per heavy atom. The smallest absolute Gasteiger partial charge is 0.257 e. The van der Waals surface area contributed by atoms with Gasteiger partial charge in [0, 0.05) is 12.3 Å². The van der Waals surface area contributed by atoms with E-state index in [4.69, 9.17) is 11.6 Å². The minimum Gasteiger partial charge on any atom is -0.350 e. The molecule has 0 aromatic heterocycles. The fourth-order valence-electron chi connectivity index (χ4n) is 2.29. The number of para-hydroxylation sites is 1. The maximum Gasteiger partial charge on any atom is 0.257 e. The van der Waals surface area contributed by atoms with Gasteiger partial charge in [0.05, 0.1) is 26.7 Å². The van der Waals surface area contributed by atoms with E-state index in [0.717, 1.165) is 12.7 Å². The molecule has 0 heterocycles. The number of hydrogen-bond acceptors (Lipinski definition) is 4. The van der Waals surface area contributed by atoms with Crippen molar-refractivity contribution in [3.05, 3.63) is 58.6 Å². The molecule has 0 fully saturated rings. The van der Waals surface area contributed by atoms with Gasteiger partial charge in [-0.3, -0.25) is 9.59 Å². The van der Waals surface area contributed by atoms with Gasteiger partial charge < -0.3 is 10.6 Å². The zero-order chi connectivity index (χ0) is 20.2. The summed E-state index contributed by atoms with van der Waals surface area (Å²) in [5.74, 6) is -0.912. The minimum absolute atomic E-state index is 0.0109. The van der Waals surface area contributed by atoms with Crippen LogP contribution in [-0.4, -0.2) is 32.5 Å². The van der Waals surface area contributed by atoms with Crippen LogP contribution in [0.4, 0.5) is 5.69 Å². The summed E-state index contributed by atoms with van der Waals surface area (Å²) in [7, 11) is -3.49. The predicted molar refractivity (Wildman–Crippen MR) is 106 cm³/mol. The van der Waals surface area contributed by atoms with E-state index in [-0.39, 0.29) is 27.4 Å². The monoisotopic (exact) mass is 408 g/mol. The molecule has 144 valence electrons. The Labute approximate surface area is 163 Å². The average molecular weight is 409 g/mol. The van der Waals surface area contributed by atoms with Gasteiger partial charge in [-0.1, -0.05) is 30.7 Å². The van der Waals surface area contributed by atoms with E-state index in [0.29, 0.717) is 11.3 Å². The second-order valence-corrected chi connectivity index (χ2v) is 8.62. The van der Waals surface area contributed by atoms with Crippen LogP contribution in [0.15, 0.2) is 47.4 Å². The topological polar surface area (TPSA) is 92.3 Å². The summed E-state index contributed by atoms with van der Waals surface area (Å²) in [5, 5.41) is 5.60. The highest BCUT2D eigenvalue weighted by molar-refractivity contribution is 7.90. The number of halogens is 1. The standard InChI is InChI=1S/C19H21ClN2O4S/c1-4-12(2)21-18(23)14-7-5-6-8-17(14)22-19(24)15-11-13(27(3,25)26)9-10-16(15)20/h5-12H,4H2,1-3H3,(H,21,23)(H,22,24)/t12-/m1/s1. The maximum absolute atomic E-state index is 12.6. The highest BCUT2D eigenvalue weighted by Crippen LogP contribution is 2.23. The summed E-state index contributed by atoms with van der Waals surface area (Å²) in [6.07, 6.45) is 1.82. The van der Waals surface area contributed by atoms with Gasteiger partial charge in [0.15, 0.2) is 9.84 Å². The van der Waals surface area contributed by atoms with Crippen molar-refractivity contribution in [1.29, 1.82) is 0 Å². The fraction of sp³-hybridized carbons (Fsp3) is 0.263. The Morgan fingerprint density at radius 2 is 1.74 bits per heavy atom. The SMILES string of the molecule is CC[C@@H](C)NC(=O)c1ccccc1NC(=O)c1cc(S(C)(=O)=O)ccc1Cl. The average Bonchev–Trinajstić information content (AvgIpc) is 2.61. The van der Waals surface area contributed by atoms with Gasteiger partial charge in [-0.15, -0.1) is 0 Å². The van der Waals surface area contributed by atoms with Gasteiger partial charge in [-0.2, -0.15) is 0 Å². The van der Waals surface area contributed by atoms with Crippen molar-refractivity contribution in [2.24, 2.45) is 0 Å². The van der Waals surface area contributed by atoms with Crippen molar-refractivity contribution in [3.8, 4) is 0 Å². The number of benzene rings is 2. The Bertz CT molecular complexity index is 973. The molecular formula is C19H21ClN2O4S. The van der Waals surface area contributed by atoms with E-state index in [2.05, 4.69) is 10.6 Å². The van der Waals surface area contributed by atoms with Crippen molar-refractivity contribution in [1.82, 2.24) is 5.32 Å². The quantitative estimate of drug-likeness (QED) is 0.764. The molecule has 8 heteroatoms. The predicted octanol–water partition coefficient (Wildman–Crippen LogP) is 3.52. The van der Waals surface area contributed by atoms with Gasteiger partial charge in [0.2, 0.25) is 0 Å². The summed E-state index contributed by atoms with van der Waals surface area (Å²) in [4.78, 5) is 25.1. The molecule has 27 heavy (non-hydrogen) atoms. The lowest BCUT2D eigenvalue weighted by molar-refractivity contribution is 0.0940. The number of sulfone groups is 1. The largest absolute Gasteiger partial charge is 0.350 e. The van der Waals surface area contributed by atoms with Crippen molar-refractivity contribution in [2.45, 2.75) is 31.2 Å². The van der Waals surface area contributed by atoms with Crippen LogP contribution in [0, 0.1) is 0 Å². The molecule has 0 saturated heterocycles. The van der Waals surface area contributed by atoms with Gasteiger partial charge in [-0.25, -0.2) is 8.42 Å². The molecule has 0 aliphatic rings. The summed E-state index contributed by atoms with van der Waals surface area (Å²) in [6.45, 7) is 3.84. The lowest BCUT2D eigenvalue weighted by Crippen LogP contribution is -2.32. The molecule has 0 radical (unpaired) electrons. The van der Waals surface area contributed by atoms with Crippen LogP contribution in [0.25, 0.3) is 0 Å². The summed E-state index contributed by atoms with van der Waals surface area (Å²) in [5.41, 5.74) is 0.627. The van der Waals surface area contributed by atoms with Crippen molar-refractivity contribution < 1.29 is 18.0 Å². The fourth-order valence-corrected chi connectivity index (χ4v) is 3.14.